The molecule has 0 radical (unpaired) electrons. The van der Waals surface area contributed by atoms with Crippen molar-refractivity contribution in [1.82, 2.24) is 0 Å². The van der Waals surface area contributed by atoms with E-state index < -0.39 is 14.4 Å². The molecular formula is C22H34N2O3Si. The standard InChI is InChI=1S/C22H34N2O3Si/c1-21(2,3)19-17(16(15-23)12-13-18(19)27-20(24)25)11-9-10-14-26-28(7,8)22(4,5)6/h9,11-13H,10,14H2,1-8H3,(H2,24,25). The van der Waals surface area contributed by atoms with Gasteiger partial charge in [0.05, 0.1) is 11.6 Å². The van der Waals surface area contributed by atoms with E-state index >= 15 is 0 Å². The summed E-state index contributed by atoms with van der Waals surface area (Å²) in [5.41, 5.74) is 6.94. The summed E-state index contributed by atoms with van der Waals surface area (Å²) < 4.78 is 11.4. The number of carbonyl (C=O) groups excluding carboxylic acids is 1. The number of carbonyl (C=O) groups is 1. The monoisotopic (exact) mass is 402 g/mol. The normalized spacial score (nSPS) is 12.8. The van der Waals surface area contributed by atoms with Crippen molar-refractivity contribution in [2.45, 2.75) is 71.5 Å². The highest BCUT2D eigenvalue weighted by molar-refractivity contribution is 6.74. The van der Waals surface area contributed by atoms with Crippen LogP contribution in [0.2, 0.25) is 18.1 Å². The molecule has 6 heteroatoms. The Balaban J connectivity index is 3.14. The van der Waals surface area contributed by atoms with Gasteiger partial charge in [0.1, 0.15) is 5.75 Å². The third-order valence-corrected chi connectivity index (χ3v) is 9.66. The Hall–Kier alpha value is -2.10. The van der Waals surface area contributed by atoms with Crippen LogP contribution >= 0.6 is 0 Å². The van der Waals surface area contributed by atoms with Gasteiger partial charge >= 0.3 is 6.09 Å². The summed E-state index contributed by atoms with van der Waals surface area (Å²) >= 11 is 0. The molecule has 1 aromatic rings. The first-order valence-corrected chi connectivity index (χ1v) is 12.5. The van der Waals surface area contributed by atoms with Crippen LogP contribution in [0.3, 0.4) is 0 Å². The average Bonchev–Trinajstić information content (AvgIpc) is 2.51. The summed E-state index contributed by atoms with van der Waals surface area (Å²) in [7, 11) is -1.78. The average molecular weight is 403 g/mol. The van der Waals surface area contributed by atoms with Crippen molar-refractivity contribution in [2.75, 3.05) is 6.61 Å². The van der Waals surface area contributed by atoms with Crippen molar-refractivity contribution in [2.24, 2.45) is 5.73 Å². The van der Waals surface area contributed by atoms with E-state index in [-0.39, 0.29) is 10.5 Å². The van der Waals surface area contributed by atoms with E-state index in [1.807, 2.05) is 32.9 Å². The minimum absolute atomic E-state index is 0.171. The van der Waals surface area contributed by atoms with Crippen LogP contribution in [0.1, 0.15) is 64.7 Å². The minimum atomic E-state index is -1.78. The number of benzene rings is 1. The molecule has 0 fully saturated rings. The molecule has 0 aliphatic heterocycles. The van der Waals surface area contributed by atoms with Gasteiger partial charge in [0.15, 0.2) is 8.32 Å². The number of ether oxygens (including phenoxy) is 1. The Morgan fingerprint density at radius 3 is 2.29 bits per heavy atom. The lowest BCUT2D eigenvalue weighted by Gasteiger charge is -2.36. The molecule has 2 N–H and O–H groups in total. The minimum Gasteiger partial charge on any atom is -0.417 e. The predicted octanol–water partition coefficient (Wildman–Crippen LogP) is 5.74. The van der Waals surface area contributed by atoms with Gasteiger partial charge < -0.3 is 14.9 Å². The van der Waals surface area contributed by atoms with E-state index in [0.29, 0.717) is 17.9 Å². The third-order valence-electron chi connectivity index (χ3n) is 5.13. The second kappa shape index (κ2) is 8.93. The van der Waals surface area contributed by atoms with Crippen molar-refractivity contribution in [3.63, 3.8) is 0 Å². The van der Waals surface area contributed by atoms with E-state index in [0.717, 1.165) is 17.5 Å². The highest BCUT2D eigenvalue weighted by Crippen LogP contribution is 2.38. The maximum absolute atomic E-state index is 11.3. The topological polar surface area (TPSA) is 85.3 Å². The number of hydrogen-bond donors (Lipinski definition) is 1. The zero-order valence-corrected chi connectivity index (χ0v) is 19.5. The predicted molar refractivity (Wildman–Crippen MR) is 117 cm³/mol. The van der Waals surface area contributed by atoms with Gasteiger partial charge in [-0.25, -0.2) is 4.79 Å². The molecule has 1 rings (SSSR count). The van der Waals surface area contributed by atoms with Crippen molar-refractivity contribution in [3.05, 3.63) is 34.9 Å². The summed E-state index contributed by atoms with van der Waals surface area (Å²) in [4.78, 5) is 11.3. The highest BCUT2D eigenvalue weighted by atomic mass is 28.4. The van der Waals surface area contributed by atoms with Crippen LogP contribution in [0.5, 0.6) is 5.75 Å². The van der Waals surface area contributed by atoms with E-state index in [9.17, 15) is 10.1 Å². The lowest BCUT2D eigenvalue weighted by Crippen LogP contribution is -2.40. The van der Waals surface area contributed by atoms with Crippen LogP contribution in [-0.2, 0) is 9.84 Å². The summed E-state index contributed by atoms with van der Waals surface area (Å²) in [6, 6.07) is 5.51. The Labute approximate surface area is 170 Å². The fraction of sp³-hybridized carbons (Fsp3) is 0.545. The summed E-state index contributed by atoms with van der Waals surface area (Å²) in [6.07, 6.45) is 3.80. The molecule has 5 nitrogen and oxygen atoms in total. The maximum Gasteiger partial charge on any atom is 0.409 e. The number of nitriles is 1. The highest BCUT2D eigenvalue weighted by Gasteiger charge is 2.36. The molecule has 0 atom stereocenters. The Morgan fingerprint density at radius 2 is 1.82 bits per heavy atom. The first kappa shape index (κ1) is 23.9. The fourth-order valence-electron chi connectivity index (χ4n) is 2.64. The summed E-state index contributed by atoms with van der Waals surface area (Å²) in [5.74, 6) is 0.385. The Morgan fingerprint density at radius 1 is 1.21 bits per heavy atom. The summed E-state index contributed by atoms with van der Waals surface area (Å²) in [6.45, 7) is 17.8. The molecule has 154 valence electrons. The lowest BCUT2D eigenvalue weighted by molar-refractivity contribution is 0.210. The van der Waals surface area contributed by atoms with Crippen molar-refractivity contribution in [3.8, 4) is 11.8 Å². The molecule has 0 aliphatic carbocycles. The van der Waals surface area contributed by atoms with Gasteiger partial charge in [0.2, 0.25) is 0 Å². The molecular weight excluding hydrogens is 368 g/mol. The first-order valence-electron chi connectivity index (χ1n) is 9.56. The van der Waals surface area contributed by atoms with Crippen LogP contribution in [0, 0.1) is 11.3 Å². The number of primary amides is 1. The van der Waals surface area contributed by atoms with Gasteiger partial charge in [0, 0.05) is 12.2 Å². The van der Waals surface area contributed by atoms with Crippen molar-refractivity contribution in [1.29, 1.82) is 5.26 Å². The molecule has 0 heterocycles. The molecule has 0 saturated carbocycles. The molecule has 28 heavy (non-hydrogen) atoms. The van der Waals surface area contributed by atoms with Gasteiger partial charge in [-0.15, -0.1) is 0 Å². The van der Waals surface area contributed by atoms with Crippen LogP contribution < -0.4 is 10.5 Å². The largest absolute Gasteiger partial charge is 0.417 e. The Bertz CT molecular complexity index is 779. The molecule has 1 amide bonds. The van der Waals surface area contributed by atoms with Crippen LogP contribution in [0.25, 0.3) is 6.08 Å². The first-order chi connectivity index (χ1) is 12.7. The second-order valence-corrected chi connectivity index (χ2v) is 14.3. The van der Waals surface area contributed by atoms with Crippen LogP contribution in [0.15, 0.2) is 18.2 Å². The molecule has 0 unspecified atom stereocenters. The van der Waals surface area contributed by atoms with Gasteiger partial charge in [-0.3, -0.25) is 0 Å². The third kappa shape index (κ3) is 6.22. The quantitative estimate of drug-likeness (QED) is 0.486. The van der Waals surface area contributed by atoms with Gasteiger partial charge in [-0.05, 0) is 47.7 Å². The summed E-state index contributed by atoms with van der Waals surface area (Å²) in [5, 5.41) is 9.72. The molecule has 0 spiro atoms. The number of hydrogen-bond acceptors (Lipinski definition) is 4. The zero-order valence-electron chi connectivity index (χ0n) is 18.5. The maximum atomic E-state index is 11.3. The van der Waals surface area contributed by atoms with E-state index in [4.69, 9.17) is 14.9 Å². The number of rotatable bonds is 6. The SMILES string of the molecule is CC(C)(C)c1c(OC(N)=O)ccc(C#N)c1C=CCCO[Si](C)(C)C(C)(C)C. The zero-order chi connectivity index (χ0) is 21.8. The van der Waals surface area contributed by atoms with E-state index in [1.165, 1.54) is 0 Å². The van der Waals surface area contributed by atoms with Crippen molar-refractivity contribution >= 4 is 20.5 Å². The fourth-order valence-corrected chi connectivity index (χ4v) is 3.70. The Kier molecular flexibility index (Phi) is 7.64. The van der Waals surface area contributed by atoms with E-state index in [1.54, 1.807) is 12.1 Å². The van der Waals surface area contributed by atoms with Crippen molar-refractivity contribution < 1.29 is 14.0 Å². The number of nitrogens with zero attached hydrogens (tertiary/aromatic N) is 1. The molecule has 0 saturated heterocycles. The van der Waals surface area contributed by atoms with Gasteiger partial charge in [0.25, 0.3) is 0 Å². The molecule has 1 aromatic carbocycles. The smallest absolute Gasteiger partial charge is 0.409 e. The van der Waals surface area contributed by atoms with E-state index in [2.05, 4.69) is 39.9 Å². The van der Waals surface area contributed by atoms with Gasteiger partial charge in [-0.1, -0.05) is 53.7 Å². The molecule has 0 aromatic heterocycles. The number of amides is 1. The number of nitrogens with two attached hydrogens (primary N) is 1. The second-order valence-electron chi connectivity index (χ2n) is 9.48. The van der Waals surface area contributed by atoms with Crippen LogP contribution in [-0.4, -0.2) is 21.0 Å². The molecule has 0 bridgehead atoms. The van der Waals surface area contributed by atoms with Crippen LogP contribution in [0.4, 0.5) is 4.79 Å². The lowest BCUT2D eigenvalue weighted by atomic mass is 9.81. The molecule has 0 aliphatic rings. The van der Waals surface area contributed by atoms with Gasteiger partial charge in [-0.2, -0.15) is 5.26 Å².